The van der Waals surface area contributed by atoms with Crippen LogP contribution < -0.4 is 0 Å². The Bertz CT molecular complexity index is 1570. The van der Waals surface area contributed by atoms with Gasteiger partial charge in [0.05, 0.1) is 24.8 Å². The van der Waals surface area contributed by atoms with E-state index >= 15 is 4.39 Å². The fraction of sp³-hybridized carbons (Fsp3) is 0.214. The molecule has 3 aromatic heterocycles. The number of carbonyl (C=O) groups excluding carboxylic acids is 1. The van der Waals surface area contributed by atoms with Gasteiger partial charge in [-0.2, -0.15) is 0 Å². The molecule has 0 saturated heterocycles. The SMILES string of the molecule is CCOC(=O)c1cncn1Cc1ccc(-c2nc3ccc(C4(c5ccccc5)CC4)nc3s2)c(F)c1. The third-order valence-electron chi connectivity index (χ3n) is 6.64. The molecule has 1 aliphatic rings. The number of hydrogen-bond acceptors (Lipinski definition) is 6. The molecule has 5 aromatic rings. The van der Waals surface area contributed by atoms with Gasteiger partial charge in [-0.3, -0.25) is 0 Å². The quantitative estimate of drug-likeness (QED) is 0.258. The van der Waals surface area contributed by atoms with Crippen LogP contribution in [-0.2, 0) is 16.7 Å². The maximum atomic E-state index is 15.2. The third kappa shape index (κ3) is 3.97. The number of rotatable bonds is 7. The molecular formula is C28H23FN4O2S. The summed E-state index contributed by atoms with van der Waals surface area (Å²) in [6.07, 6.45) is 5.14. The molecule has 6 nitrogen and oxygen atoms in total. The average molecular weight is 499 g/mol. The molecule has 3 heterocycles. The van der Waals surface area contributed by atoms with E-state index in [0.717, 1.165) is 28.9 Å². The van der Waals surface area contributed by atoms with Crippen LogP contribution in [0.4, 0.5) is 4.39 Å². The second-order valence-electron chi connectivity index (χ2n) is 8.93. The average Bonchev–Trinajstić information content (AvgIpc) is 3.38. The molecule has 2 aromatic carbocycles. The number of hydrogen-bond donors (Lipinski definition) is 0. The Hall–Kier alpha value is -3.91. The number of imidazole rings is 1. The van der Waals surface area contributed by atoms with Crippen molar-refractivity contribution in [2.24, 2.45) is 0 Å². The standard InChI is InChI=1S/C28H23FN4O2S/c1-2-35-27(34)23-15-30-17-33(23)16-18-8-9-20(21(29)14-18)25-31-22-10-11-24(32-26(22)36-25)28(12-13-28)19-6-4-3-5-7-19/h3-11,14-15,17H,2,12-13,16H2,1H3. The van der Waals surface area contributed by atoms with Crippen molar-refractivity contribution in [2.45, 2.75) is 31.7 Å². The lowest BCUT2D eigenvalue weighted by Crippen LogP contribution is -2.12. The number of esters is 1. The number of aromatic nitrogens is 4. The van der Waals surface area contributed by atoms with Gasteiger partial charge in [-0.1, -0.05) is 47.7 Å². The Kier molecular flexibility index (Phi) is 5.60. The fourth-order valence-corrected chi connectivity index (χ4v) is 5.59. The molecule has 6 rings (SSSR count). The van der Waals surface area contributed by atoms with E-state index in [4.69, 9.17) is 9.72 Å². The van der Waals surface area contributed by atoms with Gasteiger partial charge in [-0.15, -0.1) is 0 Å². The minimum atomic E-state index is -0.450. The zero-order valence-corrected chi connectivity index (χ0v) is 20.5. The van der Waals surface area contributed by atoms with E-state index in [1.165, 1.54) is 35.5 Å². The number of fused-ring (bicyclic) bond motifs is 1. The van der Waals surface area contributed by atoms with Crippen LogP contribution in [0.1, 0.15) is 47.1 Å². The largest absolute Gasteiger partial charge is 0.461 e. The molecule has 1 saturated carbocycles. The second-order valence-corrected chi connectivity index (χ2v) is 9.91. The number of nitrogens with zero attached hydrogens (tertiary/aromatic N) is 4. The van der Waals surface area contributed by atoms with Gasteiger partial charge >= 0.3 is 5.97 Å². The Labute approximate surface area is 211 Å². The predicted octanol–water partition coefficient (Wildman–Crippen LogP) is 6.00. The number of carbonyl (C=O) groups is 1. The predicted molar refractivity (Wildman–Crippen MR) is 137 cm³/mol. The molecule has 0 unspecified atom stereocenters. The first-order chi connectivity index (χ1) is 17.6. The highest BCUT2D eigenvalue weighted by molar-refractivity contribution is 7.21. The van der Waals surface area contributed by atoms with E-state index in [0.29, 0.717) is 28.4 Å². The molecule has 0 radical (unpaired) electrons. The summed E-state index contributed by atoms with van der Waals surface area (Å²) >= 11 is 1.40. The van der Waals surface area contributed by atoms with Crippen molar-refractivity contribution in [3.8, 4) is 10.6 Å². The third-order valence-corrected chi connectivity index (χ3v) is 7.63. The Morgan fingerprint density at radius 2 is 1.94 bits per heavy atom. The molecular weight excluding hydrogens is 475 g/mol. The van der Waals surface area contributed by atoms with Crippen molar-refractivity contribution in [1.82, 2.24) is 19.5 Å². The topological polar surface area (TPSA) is 69.9 Å². The number of pyridine rings is 1. The summed E-state index contributed by atoms with van der Waals surface area (Å²) < 4.78 is 21.9. The highest BCUT2D eigenvalue weighted by Gasteiger charge is 2.47. The Morgan fingerprint density at radius 3 is 2.69 bits per heavy atom. The van der Waals surface area contributed by atoms with Crippen LogP contribution in [0.25, 0.3) is 20.9 Å². The molecule has 8 heteroatoms. The maximum Gasteiger partial charge on any atom is 0.356 e. The molecule has 0 bridgehead atoms. The van der Waals surface area contributed by atoms with Crippen LogP contribution in [0.3, 0.4) is 0 Å². The summed E-state index contributed by atoms with van der Waals surface area (Å²) in [6.45, 7) is 2.33. The summed E-state index contributed by atoms with van der Waals surface area (Å²) in [6, 6.07) is 19.6. The first kappa shape index (κ1) is 22.5. The molecule has 0 N–H and O–H groups in total. The van der Waals surface area contributed by atoms with E-state index < -0.39 is 5.97 Å². The summed E-state index contributed by atoms with van der Waals surface area (Å²) in [5.41, 5.74) is 4.55. The highest BCUT2D eigenvalue weighted by atomic mass is 32.1. The first-order valence-electron chi connectivity index (χ1n) is 11.9. The van der Waals surface area contributed by atoms with E-state index in [-0.39, 0.29) is 17.8 Å². The smallest absolute Gasteiger partial charge is 0.356 e. The van der Waals surface area contributed by atoms with Crippen molar-refractivity contribution in [3.63, 3.8) is 0 Å². The number of thiazole rings is 1. The van der Waals surface area contributed by atoms with Gasteiger partial charge in [-0.25, -0.2) is 24.1 Å². The molecule has 0 spiro atoms. The van der Waals surface area contributed by atoms with Crippen molar-refractivity contribution in [3.05, 3.63) is 102 Å². The van der Waals surface area contributed by atoms with Crippen molar-refractivity contribution in [2.75, 3.05) is 6.61 Å². The molecule has 36 heavy (non-hydrogen) atoms. The van der Waals surface area contributed by atoms with Gasteiger partial charge in [0.25, 0.3) is 0 Å². The molecule has 0 aliphatic heterocycles. The van der Waals surface area contributed by atoms with Gasteiger partial charge < -0.3 is 9.30 Å². The maximum absolute atomic E-state index is 15.2. The van der Waals surface area contributed by atoms with Gasteiger partial charge in [0.1, 0.15) is 26.9 Å². The number of benzene rings is 2. The van der Waals surface area contributed by atoms with E-state index in [9.17, 15) is 4.79 Å². The van der Waals surface area contributed by atoms with Crippen molar-refractivity contribution >= 4 is 27.7 Å². The minimum Gasteiger partial charge on any atom is -0.461 e. The zero-order chi connectivity index (χ0) is 24.7. The number of halogens is 1. The van der Waals surface area contributed by atoms with Crippen LogP contribution in [0.15, 0.2) is 73.2 Å². The second kappa shape index (κ2) is 8.95. The minimum absolute atomic E-state index is 0.0256. The summed E-state index contributed by atoms with van der Waals surface area (Å²) in [4.78, 5) is 26.6. The summed E-state index contributed by atoms with van der Waals surface area (Å²) in [7, 11) is 0. The van der Waals surface area contributed by atoms with Gasteiger partial charge in [0.2, 0.25) is 0 Å². The van der Waals surface area contributed by atoms with Crippen LogP contribution in [-0.4, -0.2) is 32.1 Å². The first-order valence-corrected chi connectivity index (χ1v) is 12.7. The zero-order valence-electron chi connectivity index (χ0n) is 19.6. The molecule has 0 atom stereocenters. The van der Waals surface area contributed by atoms with E-state index in [1.54, 1.807) is 17.6 Å². The summed E-state index contributed by atoms with van der Waals surface area (Å²) in [5.74, 6) is -0.818. The van der Waals surface area contributed by atoms with Crippen molar-refractivity contribution in [1.29, 1.82) is 0 Å². The molecule has 0 amide bonds. The van der Waals surface area contributed by atoms with Gasteiger partial charge in [0.15, 0.2) is 0 Å². The van der Waals surface area contributed by atoms with Crippen molar-refractivity contribution < 1.29 is 13.9 Å². The molecule has 1 fully saturated rings. The van der Waals surface area contributed by atoms with Gasteiger partial charge in [-0.05, 0) is 55.2 Å². The summed E-state index contributed by atoms with van der Waals surface area (Å²) in [5, 5.41) is 0.595. The lowest BCUT2D eigenvalue weighted by molar-refractivity contribution is 0.0514. The lowest BCUT2D eigenvalue weighted by Gasteiger charge is -2.14. The van der Waals surface area contributed by atoms with Gasteiger partial charge in [0, 0.05) is 17.5 Å². The number of ether oxygens (including phenoxy) is 1. The van der Waals surface area contributed by atoms with Crippen LogP contribution in [0, 0.1) is 5.82 Å². The fourth-order valence-electron chi connectivity index (χ4n) is 4.62. The van der Waals surface area contributed by atoms with Crippen LogP contribution in [0.5, 0.6) is 0 Å². The van der Waals surface area contributed by atoms with E-state index in [2.05, 4.69) is 40.3 Å². The Morgan fingerprint density at radius 1 is 1.11 bits per heavy atom. The molecule has 1 aliphatic carbocycles. The van der Waals surface area contributed by atoms with E-state index in [1.807, 2.05) is 18.2 Å². The monoisotopic (exact) mass is 498 g/mol. The normalized spacial score (nSPS) is 14.2. The molecule has 180 valence electrons. The van der Waals surface area contributed by atoms with Crippen LogP contribution in [0.2, 0.25) is 0 Å². The lowest BCUT2D eigenvalue weighted by atomic mass is 9.92. The Balaban J connectivity index is 1.27. The van der Waals surface area contributed by atoms with Crippen LogP contribution >= 0.6 is 11.3 Å². The highest BCUT2D eigenvalue weighted by Crippen LogP contribution is 2.53.